The molecule has 0 unspecified atom stereocenters. The molecule has 0 bridgehead atoms. The van der Waals surface area contributed by atoms with E-state index in [1.807, 2.05) is 6.92 Å². The summed E-state index contributed by atoms with van der Waals surface area (Å²) in [4.78, 5) is 12.0. The molecule has 0 saturated heterocycles. The largest absolute Gasteiger partial charge is 0.296 e. The first-order valence-electron chi connectivity index (χ1n) is 6.64. The second-order valence-corrected chi connectivity index (χ2v) is 7.49. The van der Waals surface area contributed by atoms with E-state index in [1.165, 1.54) is 0 Å². The van der Waals surface area contributed by atoms with Gasteiger partial charge >= 0.3 is 0 Å². The van der Waals surface area contributed by atoms with Crippen LogP contribution in [0.4, 0.5) is 5.13 Å². The van der Waals surface area contributed by atoms with Gasteiger partial charge in [-0.2, -0.15) is 0 Å². The fourth-order valence-corrected chi connectivity index (χ4v) is 3.76. The maximum absolute atomic E-state index is 12.1. The fourth-order valence-electron chi connectivity index (χ4n) is 1.53. The van der Waals surface area contributed by atoms with Crippen molar-refractivity contribution < 1.29 is 13.2 Å². The van der Waals surface area contributed by atoms with Crippen molar-refractivity contribution in [1.29, 1.82) is 0 Å². The van der Waals surface area contributed by atoms with Gasteiger partial charge in [0, 0.05) is 11.6 Å². The van der Waals surface area contributed by atoms with Crippen molar-refractivity contribution in [3.63, 3.8) is 0 Å². The highest BCUT2D eigenvalue weighted by molar-refractivity contribution is 7.91. The van der Waals surface area contributed by atoms with Crippen molar-refractivity contribution in [3.8, 4) is 0 Å². The average Bonchev–Trinajstić information content (AvgIpc) is 2.97. The molecule has 0 aliphatic heterocycles. The van der Waals surface area contributed by atoms with Gasteiger partial charge in [-0.3, -0.25) is 10.1 Å². The van der Waals surface area contributed by atoms with Crippen LogP contribution < -0.4 is 10.0 Å². The Morgan fingerprint density at radius 2 is 1.95 bits per heavy atom. The standard InChI is InChI=1S/C13H16N4O3S2/c1-3-9(2)17-22(19,20)13-16-15-12(21-13)14-11(18)10-7-5-4-6-8-10/h4-9,17H,3H2,1-2H3,(H,14,15,18)/t9-/m1/s1. The van der Waals surface area contributed by atoms with Crippen LogP contribution in [0.15, 0.2) is 34.7 Å². The summed E-state index contributed by atoms with van der Waals surface area (Å²) in [6.45, 7) is 3.63. The third kappa shape index (κ3) is 4.09. The maximum atomic E-state index is 12.1. The molecule has 2 N–H and O–H groups in total. The molecule has 1 atom stereocenters. The van der Waals surface area contributed by atoms with Gasteiger partial charge in [-0.05, 0) is 25.5 Å². The lowest BCUT2D eigenvalue weighted by atomic mass is 10.2. The lowest BCUT2D eigenvalue weighted by Gasteiger charge is -2.08. The monoisotopic (exact) mass is 340 g/mol. The summed E-state index contributed by atoms with van der Waals surface area (Å²) in [7, 11) is -3.71. The number of aromatic nitrogens is 2. The summed E-state index contributed by atoms with van der Waals surface area (Å²) in [5, 5.41) is 9.99. The van der Waals surface area contributed by atoms with Crippen LogP contribution in [0.2, 0.25) is 0 Å². The molecule has 0 radical (unpaired) electrons. The van der Waals surface area contributed by atoms with E-state index in [0.29, 0.717) is 12.0 Å². The minimum absolute atomic E-state index is 0.137. The molecular formula is C13H16N4O3S2. The van der Waals surface area contributed by atoms with E-state index < -0.39 is 10.0 Å². The van der Waals surface area contributed by atoms with Crippen LogP contribution in [0.1, 0.15) is 30.6 Å². The van der Waals surface area contributed by atoms with Gasteiger partial charge in [0.05, 0.1) is 0 Å². The summed E-state index contributed by atoms with van der Waals surface area (Å²) in [5.74, 6) is -0.365. The SMILES string of the molecule is CC[C@@H](C)NS(=O)(=O)c1nnc(NC(=O)c2ccccc2)s1. The van der Waals surface area contributed by atoms with Crippen LogP contribution in [0, 0.1) is 0 Å². The third-order valence-electron chi connectivity index (χ3n) is 2.86. The molecule has 7 nitrogen and oxygen atoms in total. The molecule has 0 spiro atoms. The lowest BCUT2D eigenvalue weighted by Crippen LogP contribution is -2.31. The van der Waals surface area contributed by atoms with Crippen molar-refractivity contribution >= 4 is 32.4 Å². The predicted molar refractivity (Wildman–Crippen MR) is 84.4 cm³/mol. The molecule has 0 aliphatic carbocycles. The summed E-state index contributed by atoms with van der Waals surface area (Å²) in [5.41, 5.74) is 0.458. The Kier molecular flexibility index (Phi) is 5.22. The minimum Gasteiger partial charge on any atom is -0.296 e. The smallest absolute Gasteiger partial charge is 0.270 e. The van der Waals surface area contributed by atoms with Gasteiger partial charge in [0.2, 0.25) is 9.47 Å². The van der Waals surface area contributed by atoms with Crippen molar-refractivity contribution in [3.05, 3.63) is 35.9 Å². The van der Waals surface area contributed by atoms with Crippen LogP contribution in [-0.2, 0) is 10.0 Å². The molecule has 0 aliphatic rings. The Morgan fingerprint density at radius 3 is 2.59 bits per heavy atom. The Hall–Kier alpha value is -1.84. The first-order chi connectivity index (χ1) is 10.4. The van der Waals surface area contributed by atoms with E-state index >= 15 is 0 Å². The van der Waals surface area contributed by atoms with Gasteiger partial charge in [-0.1, -0.05) is 36.5 Å². The van der Waals surface area contributed by atoms with Crippen LogP contribution in [0.5, 0.6) is 0 Å². The predicted octanol–water partition coefficient (Wildman–Crippen LogP) is 1.87. The molecule has 0 saturated carbocycles. The van der Waals surface area contributed by atoms with Crippen LogP contribution in [0.25, 0.3) is 0 Å². The van der Waals surface area contributed by atoms with E-state index in [2.05, 4.69) is 20.2 Å². The molecule has 1 heterocycles. The molecule has 1 amide bonds. The number of sulfonamides is 1. The maximum Gasteiger partial charge on any atom is 0.270 e. The van der Waals surface area contributed by atoms with Crippen molar-refractivity contribution in [2.75, 3.05) is 5.32 Å². The number of amides is 1. The summed E-state index contributed by atoms with van der Waals surface area (Å²) >= 11 is 0.811. The topological polar surface area (TPSA) is 101 Å². The molecule has 2 rings (SSSR count). The van der Waals surface area contributed by atoms with Crippen molar-refractivity contribution in [2.24, 2.45) is 0 Å². The second kappa shape index (κ2) is 6.95. The number of rotatable bonds is 6. The zero-order chi connectivity index (χ0) is 16.2. The molecular weight excluding hydrogens is 324 g/mol. The Balaban J connectivity index is 2.10. The second-order valence-electron chi connectivity index (χ2n) is 4.62. The van der Waals surface area contributed by atoms with Gasteiger partial charge in [-0.15, -0.1) is 10.2 Å². The van der Waals surface area contributed by atoms with Gasteiger partial charge in [0.1, 0.15) is 0 Å². The van der Waals surface area contributed by atoms with Crippen molar-refractivity contribution in [2.45, 2.75) is 30.6 Å². The minimum atomic E-state index is -3.71. The van der Waals surface area contributed by atoms with Gasteiger partial charge in [-0.25, -0.2) is 13.1 Å². The molecule has 0 fully saturated rings. The van der Waals surface area contributed by atoms with E-state index in [9.17, 15) is 13.2 Å². The number of anilines is 1. The molecule has 2 aromatic rings. The Morgan fingerprint density at radius 1 is 1.27 bits per heavy atom. The zero-order valence-electron chi connectivity index (χ0n) is 12.1. The fraction of sp³-hybridized carbons (Fsp3) is 0.308. The Labute approximate surface area is 132 Å². The molecule has 1 aromatic heterocycles. The number of carbonyl (C=O) groups is 1. The summed E-state index contributed by atoms with van der Waals surface area (Å²) < 4.78 is 26.4. The van der Waals surface area contributed by atoms with Crippen LogP contribution >= 0.6 is 11.3 Å². The number of hydrogen-bond donors (Lipinski definition) is 2. The summed E-state index contributed by atoms with van der Waals surface area (Å²) in [6, 6.07) is 8.38. The number of benzene rings is 1. The molecule has 1 aromatic carbocycles. The van der Waals surface area contributed by atoms with E-state index in [4.69, 9.17) is 0 Å². The highest BCUT2D eigenvalue weighted by Crippen LogP contribution is 2.20. The zero-order valence-corrected chi connectivity index (χ0v) is 13.7. The van der Waals surface area contributed by atoms with Gasteiger partial charge in [0.15, 0.2) is 0 Å². The first-order valence-corrected chi connectivity index (χ1v) is 8.94. The highest BCUT2D eigenvalue weighted by Gasteiger charge is 2.22. The van der Waals surface area contributed by atoms with Crippen LogP contribution in [-0.4, -0.2) is 30.6 Å². The van der Waals surface area contributed by atoms with Crippen LogP contribution in [0.3, 0.4) is 0 Å². The number of hydrogen-bond acceptors (Lipinski definition) is 6. The highest BCUT2D eigenvalue weighted by atomic mass is 32.2. The number of nitrogens with one attached hydrogen (secondary N) is 2. The number of carbonyl (C=O) groups excluding carboxylic acids is 1. The third-order valence-corrected chi connectivity index (χ3v) is 5.66. The molecule has 22 heavy (non-hydrogen) atoms. The lowest BCUT2D eigenvalue weighted by molar-refractivity contribution is 0.102. The van der Waals surface area contributed by atoms with Gasteiger partial charge in [0.25, 0.3) is 15.9 Å². The average molecular weight is 340 g/mol. The molecule has 118 valence electrons. The summed E-state index contributed by atoms with van der Waals surface area (Å²) in [6.07, 6.45) is 0.662. The quantitative estimate of drug-likeness (QED) is 0.782. The Bertz CT molecular complexity index is 744. The van der Waals surface area contributed by atoms with Gasteiger partial charge < -0.3 is 0 Å². The number of nitrogens with zero attached hydrogens (tertiary/aromatic N) is 2. The molecule has 9 heteroatoms. The first kappa shape index (κ1) is 16.5. The van der Waals surface area contributed by atoms with E-state index in [-0.39, 0.29) is 21.4 Å². The normalized spacial score (nSPS) is 12.8. The van der Waals surface area contributed by atoms with Crippen molar-refractivity contribution in [1.82, 2.24) is 14.9 Å². The van der Waals surface area contributed by atoms with E-state index in [1.54, 1.807) is 37.3 Å². The van der Waals surface area contributed by atoms with E-state index in [0.717, 1.165) is 11.3 Å².